The molecule has 3 aromatic carbocycles. The van der Waals surface area contributed by atoms with E-state index >= 15 is 0 Å². The molecular weight excluding hydrogens is 511 g/mol. The monoisotopic (exact) mass is 534 g/mol. The number of halogens is 1. The van der Waals surface area contributed by atoms with Crippen LogP contribution in [0.1, 0.15) is 0 Å². The zero-order valence-electron chi connectivity index (χ0n) is 20.1. The van der Waals surface area contributed by atoms with E-state index in [1.807, 2.05) is 0 Å². The second-order valence-electron chi connectivity index (χ2n) is 7.77. The Morgan fingerprint density at radius 1 is 0.947 bits per heavy atom. The highest BCUT2D eigenvalue weighted by atomic mass is 32.2. The lowest BCUT2D eigenvalue weighted by atomic mass is 10.2. The van der Waals surface area contributed by atoms with Crippen molar-refractivity contribution in [1.29, 1.82) is 0 Å². The standard InChI is InChI=1S/C26H23FN6O4S/c1-3-24(34)29-19-5-4-6-20(15-19)30-25-23(27)16-28-26(32-25)31-17-7-9-18(10-8-17)33-38(35,36)22-13-11-21(37-2)12-14-22/h3-16,33H,1H2,2H3,(H,29,34)(H2,28,30,31,32). The van der Waals surface area contributed by atoms with E-state index in [1.54, 1.807) is 60.7 Å². The molecule has 0 bridgehead atoms. The number of sulfonamides is 1. The zero-order chi connectivity index (χ0) is 27.1. The summed E-state index contributed by atoms with van der Waals surface area (Å²) >= 11 is 0. The van der Waals surface area contributed by atoms with Crippen molar-refractivity contribution in [1.82, 2.24) is 9.97 Å². The summed E-state index contributed by atoms with van der Waals surface area (Å²) in [6.07, 6.45) is 2.16. The number of carbonyl (C=O) groups excluding carboxylic acids is 1. The van der Waals surface area contributed by atoms with Crippen molar-refractivity contribution in [3.63, 3.8) is 0 Å². The number of nitrogens with zero attached hydrogens (tertiary/aromatic N) is 2. The molecule has 0 aliphatic carbocycles. The average molecular weight is 535 g/mol. The fourth-order valence-electron chi connectivity index (χ4n) is 3.24. The van der Waals surface area contributed by atoms with Gasteiger partial charge in [-0.25, -0.2) is 17.8 Å². The molecule has 10 nitrogen and oxygen atoms in total. The van der Waals surface area contributed by atoms with E-state index in [0.717, 1.165) is 12.3 Å². The largest absolute Gasteiger partial charge is 0.497 e. The molecule has 0 saturated carbocycles. The third-order valence-corrected chi connectivity index (χ3v) is 6.48. The Balaban J connectivity index is 1.44. The van der Waals surface area contributed by atoms with E-state index in [4.69, 9.17) is 4.74 Å². The van der Waals surface area contributed by atoms with Gasteiger partial charge in [-0.1, -0.05) is 12.6 Å². The molecule has 0 saturated heterocycles. The van der Waals surface area contributed by atoms with Crippen molar-refractivity contribution in [3.05, 3.63) is 97.5 Å². The van der Waals surface area contributed by atoms with Crippen LogP contribution in [0, 0.1) is 5.82 Å². The van der Waals surface area contributed by atoms with Gasteiger partial charge in [0.25, 0.3) is 10.0 Å². The number of carbonyl (C=O) groups is 1. The molecule has 0 spiro atoms. The molecule has 0 unspecified atom stereocenters. The lowest BCUT2D eigenvalue weighted by molar-refractivity contribution is -0.111. The van der Waals surface area contributed by atoms with Crippen LogP contribution in [-0.4, -0.2) is 31.4 Å². The van der Waals surface area contributed by atoms with Gasteiger partial charge in [0.15, 0.2) is 11.6 Å². The summed E-state index contributed by atoms with van der Waals surface area (Å²) in [6, 6.07) is 19.0. The number of anilines is 6. The number of aromatic nitrogens is 2. The van der Waals surface area contributed by atoms with Gasteiger partial charge in [-0.15, -0.1) is 0 Å². The molecule has 0 radical (unpaired) electrons. The minimum atomic E-state index is -3.79. The molecule has 0 aliphatic rings. The van der Waals surface area contributed by atoms with Gasteiger partial charge >= 0.3 is 0 Å². The first-order valence-electron chi connectivity index (χ1n) is 11.1. The Kier molecular flexibility index (Phi) is 7.83. The maximum absolute atomic E-state index is 14.4. The van der Waals surface area contributed by atoms with E-state index in [9.17, 15) is 17.6 Å². The molecule has 1 heterocycles. The van der Waals surface area contributed by atoms with E-state index in [0.29, 0.717) is 28.5 Å². The Morgan fingerprint density at radius 2 is 1.63 bits per heavy atom. The Bertz CT molecular complexity index is 1560. The second-order valence-corrected chi connectivity index (χ2v) is 9.46. The van der Waals surface area contributed by atoms with Gasteiger partial charge in [-0.2, -0.15) is 4.98 Å². The topological polar surface area (TPSA) is 134 Å². The minimum Gasteiger partial charge on any atom is -0.497 e. The molecule has 0 fully saturated rings. The maximum Gasteiger partial charge on any atom is 0.261 e. The van der Waals surface area contributed by atoms with Crippen LogP contribution < -0.4 is 25.4 Å². The Labute approximate surface area is 218 Å². The molecule has 38 heavy (non-hydrogen) atoms. The van der Waals surface area contributed by atoms with E-state index in [1.165, 1.54) is 19.2 Å². The molecule has 0 aliphatic heterocycles. The fourth-order valence-corrected chi connectivity index (χ4v) is 4.30. The van der Waals surface area contributed by atoms with Gasteiger partial charge in [0.2, 0.25) is 11.9 Å². The third-order valence-electron chi connectivity index (χ3n) is 5.09. The smallest absolute Gasteiger partial charge is 0.261 e. The van der Waals surface area contributed by atoms with Crippen LogP contribution in [0.2, 0.25) is 0 Å². The molecule has 1 aromatic heterocycles. The SMILES string of the molecule is C=CC(=O)Nc1cccc(Nc2nc(Nc3ccc(NS(=O)(=O)c4ccc(OC)cc4)cc3)ncc2F)c1. The summed E-state index contributed by atoms with van der Waals surface area (Å²) in [5.74, 6) is -0.484. The van der Waals surface area contributed by atoms with Gasteiger partial charge in [-0.05, 0) is 72.8 Å². The number of hydrogen-bond acceptors (Lipinski definition) is 8. The van der Waals surface area contributed by atoms with Crippen LogP contribution in [0.5, 0.6) is 5.75 Å². The number of amides is 1. The lowest BCUT2D eigenvalue weighted by Crippen LogP contribution is -2.12. The zero-order valence-corrected chi connectivity index (χ0v) is 20.9. The first kappa shape index (κ1) is 26.1. The van der Waals surface area contributed by atoms with Gasteiger partial charge in [0, 0.05) is 22.7 Å². The highest BCUT2D eigenvalue weighted by Crippen LogP contribution is 2.24. The molecule has 194 valence electrons. The quantitative estimate of drug-likeness (QED) is 0.208. The number of rotatable bonds is 10. The number of ether oxygens (including phenoxy) is 1. The summed E-state index contributed by atoms with van der Waals surface area (Å²) in [5.41, 5.74) is 1.88. The molecule has 4 aromatic rings. The van der Waals surface area contributed by atoms with Crippen LogP contribution in [0.25, 0.3) is 0 Å². The first-order valence-corrected chi connectivity index (χ1v) is 12.6. The number of methoxy groups -OCH3 is 1. The van der Waals surface area contributed by atoms with E-state index < -0.39 is 15.8 Å². The average Bonchev–Trinajstić information content (AvgIpc) is 2.91. The molecule has 4 N–H and O–H groups in total. The van der Waals surface area contributed by atoms with Gasteiger partial charge < -0.3 is 20.7 Å². The van der Waals surface area contributed by atoms with Crippen LogP contribution in [0.4, 0.5) is 38.9 Å². The summed E-state index contributed by atoms with van der Waals surface area (Å²) in [7, 11) is -2.29. The molecule has 12 heteroatoms. The predicted octanol–water partition coefficient (Wildman–Crippen LogP) is 5.04. The fraction of sp³-hybridized carbons (Fsp3) is 0.0385. The minimum absolute atomic E-state index is 0.0847. The summed E-state index contributed by atoms with van der Waals surface area (Å²) in [5, 5.41) is 8.43. The molecule has 4 rings (SSSR count). The van der Waals surface area contributed by atoms with E-state index in [-0.39, 0.29) is 22.6 Å². The van der Waals surface area contributed by atoms with Crippen molar-refractivity contribution in [2.24, 2.45) is 0 Å². The molecule has 0 atom stereocenters. The van der Waals surface area contributed by atoms with Crippen molar-refractivity contribution in [3.8, 4) is 5.75 Å². The normalized spacial score (nSPS) is 10.8. The summed E-state index contributed by atoms with van der Waals surface area (Å²) in [6.45, 7) is 3.41. The van der Waals surface area contributed by atoms with Crippen molar-refractivity contribution in [2.75, 3.05) is 27.8 Å². The van der Waals surface area contributed by atoms with Crippen LogP contribution in [0.3, 0.4) is 0 Å². The first-order chi connectivity index (χ1) is 18.3. The second kappa shape index (κ2) is 11.4. The van der Waals surface area contributed by atoms with Gasteiger partial charge in [-0.3, -0.25) is 9.52 Å². The number of benzene rings is 3. The van der Waals surface area contributed by atoms with Crippen LogP contribution >= 0.6 is 0 Å². The van der Waals surface area contributed by atoms with Crippen LogP contribution in [-0.2, 0) is 14.8 Å². The Morgan fingerprint density at radius 3 is 2.32 bits per heavy atom. The molecular formula is C26H23FN6O4S. The van der Waals surface area contributed by atoms with E-state index in [2.05, 4.69) is 37.2 Å². The summed E-state index contributed by atoms with van der Waals surface area (Å²) < 4.78 is 47.2. The van der Waals surface area contributed by atoms with Crippen molar-refractivity contribution >= 4 is 50.4 Å². The maximum atomic E-state index is 14.4. The number of nitrogens with one attached hydrogen (secondary N) is 4. The van der Waals surface area contributed by atoms with Crippen molar-refractivity contribution < 1.29 is 22.3 Å². The van der Waals surface area contributed by atoms with Gasteiger partial charge in [0.1, 0.15) is 5.75 Å². The number of hydrogen-bond donors (Lipinski definition) is 4. The lowest BCUT2D eigenvalue weighted by Gasteiger charge is -2.12. The highest BCUT2D eigenvalue weighted by Gasteiger charge is 2.14. The molecule has 1 amide bonds. The summed E-state index contributed by atoms with van der Waals surface area (Å²) in [4.78, 5) is 19.7. The van der Waals surface area contributed by atoms with Crippen molar-refractivity contribution in [2.45, 2.75) is 4.90 Å². The van der Waals surface area contributed by atoms with Gasteiger partial charge in [0.05, 0.1) is 18.2 Å². The predicted molar refractivity (Wildman–Crippen MR) is 144 cm³/mol. The third kappa shape index (κ3) is 6.62. The highest BCUT2D eigenvalue weighted by molar-refractivity contribution is 7.92. The Hall–Kier alpha value is -4.97. The van der Waals surface area contributed by atoms with Crippen LogP contribution in [0.15, 0.2) is 96.5 Å².